The second-order valence-corrected chi connectivity index (χ2v) is 5.65. The van der Waals surface area contributed by atoms with Crippen molar-refractivity contribution in [1.29, 1.82) is 0 Å². The highest BCUT2D eigenvalue weighted by atomic mass is 16.5. The van der Waals surface area contributed by atoms with Crippen LogP contribution in [0.1, 0.15) is 32.6 Å². The molecule has 5 heteroatoms. The second-order valence-electron chi connectivity index (χ2n) is 5.65. The molecular weight excluding hydrogens is 242 g/mol. The van der Waals surface area contributed by atoms with E-state index in [-0.39, 0.29) is 11.9 Å². The summed E-state index contributed by atoms with van der Waals surface area (Å²) in [6, 6.07) is 0.491. The maximum atomic E-state index is 12.0. The minimum absolute atomic E-state index is 0.0205. The van der Waals surface area contributed by atoms with Gasteiger partial charge in [-0.25, -0.2) is 0 Å². The summed E-state index contributed by atoms with van der Waals surface area (Å²) in [7, 11) is 0. The summed E-state index contributed by atoms with van der Waals surface area (Å²) in [5.74, 6) is 0.175. The third-order valence-electron chi connectivity index (χ3n) is 3.99. The van der Waals surface area contributed by atoms with E-state index >= 15 is 0 Å². The van der Waals surface area contributed by atoms with Gasteiger partial charge in [-0.3, -0.25) is 9.69 Å². The predicted molar refractivity (Wildman–Crippen MR) is 75.1 cm³/mol. The number of nitrogens with zero attached hydrogens (tertiary/aromatic N) is 1. The zero-order chi connectivity index (χ0) is 13.5. The zero-order valence-electron chi connectivity index (χ0n) is 12.0. The van der Waals surface area contributed by atoms with Crippen LogP contribution in [-0.2, 0) is 9.53 Å². The molecule has 2 fully saturated rings. The third kappa shape index (κ3) is 5.09. The molecule has 1 amide bonds. The maximum Gasteiger partial charge on any atom is 0.237 e. The van der Waals surface area contributed by atoms with Crippen LogP contribution in [0.4, 0.5) is 0 Å². The van der Waals surface area contributed by atoms with Gasteiger partial charge in [0.15, 0.2) is 0 Å². The van der Waals surface area contributed by atoms with Crippen LogP contribution >= 0.6 is 0 Å². The molecule has 2 unspecified atom stereocenters. The Morgan fingerprint density at radius 3 is 2.89 bits per heavy atom. The smallest absolute Gasteiger partial charge is 0.237 e. The number of amides is 1. The van der Waals surface area contributed by atoms with E-state index in [1.807, 2.05) is 0 Å². The minimum Gasteiger partial charge on any atom is -0.379 e. The lowest BCUT2D eigenvalue weighted by Gasteiger charge is -2.28. The summed E-state index contributed by atoms with van der Waals surface area (Å²) in [6.45, 7) is 7.72. The van der Waals surface area contributed by atoms with Crippen LogP contribution in [0, 0.1) is 0 Å². The van der Waals surface area contributed by atoms with Gasteiger partial charge in [-0.05, 0) is 39.2 Å². The van der Waals surface area contributed by atoms with Gasteiger partial charge in [0.25, 0.3) is 0 Å². The lowest BCUT2D eigenvalue weighted by atomic mass is 9.99. The fraction of sp³-hybridized carbons (Fsp3) is 0.929. The van der Waals surface area contributed by atoms with E-state index in [0.717, 1.165) is 58.7 Å². The molecule has 2 rings (SSSR count). The molecule has 2 saturated heterocycles. The highest BCUT2D eigenvalue weighted by Crippen LogP contribution is 2.12. The minimum atomic E-state index is 0.0205. The molecule has 0 aromatic carbocycles. The molecular formula is C14H27N3O2. The SMILES string of the molecule is CC1CCCC(C(=O)NCCCN2CCOCC2)N1. The largest absolute Gasteiger partial charge is 0.379 e. The van der Waals surface area contributed by atoms with E-state index in [0.29, 0.717) is 6.04 Å². The van der Waals surface area contributed by atoms with Gasteiger partial charge in [0.05, 0.1) is 19.3 Å². The first-order valence-corrected chi connectivity index (χ1v) is 7.59. The average molecular weight is 269 g/mol. The Labute approximate surface area is 116 Å². The van der Waals surface area contributed by atoms with Crippen molar-refractivity contribution in [2.24, 2.45) is 0 Å². The topological polar surface area (TPSA) is 53.6 Å². The lowest BCUT2D eigenvalue weighted by molar-refractivity contribution is -0.124. The normalized spacial score (nSPS) is 29.1. The summed E-state index contributed by atoms with van der Waals surface area (Å²) < 4.78 is 5.31. The van der Waals surface area contributed by atoms with Crippen molar-refractivity contribution in [3.8, 4) is 0 Å². The summed E-state index contributed by atoms with van der Waals surface area (Å²) in [5, 5.41) is 6.42. The van der Waals surface area contributed by atoms with Gasteiger partial charge < -0.3 is 15.4 Å². The molecule has 0 bridgehead atoms. The molecule has 0 spiro atoms. The van der Waals surface area contributed by atoms with Crippen LogP contribution in [0.25, 0.3) is 0 Å². The van der Waals surface area contributed by atoms with Gasteiger partial charge in [-0.1, -0.05) is 0 Å². The summed E-state index contributed by atoms with van der Waals surface area (Å²) in [5.41, 5.74) is 0. The fourth-order valence-corrected chi connectivity index (χ4v) is 2.81. The molecule has 5 nitrogen and oxygen atoms in total. The first-order valence-electron chi connectivity index (χ1n) is 7.59. The summed E-state index contributed by atoms with van der Waals surface area (Å²) in [6.07, 6.45) is 4.33. The number of carbonyl (C=O) groups is 1. The van der Waals surface area contributed by atoms with Crippen molar-refractivity contribution in [3.63, 3.8) is 0 Å². The molecule has 2 N–H and O–H groups in total. The van der Waals surface area contributed by atoms with Crippen molar-refractivity contribution in [2.45, 2.75) is 44.7 Å². The predicted octanol–water partition coefficient (Wildman–Crippen LogP) is 0.356. The molecule has 110 valence electrons. The van der Waals surface area contributed by atoms with Gasteiger partial charge in [0.2, 0.25) is 5.91 Å². The Kier molecular flexibility index (Phi) is 6.07. The molecule has 2 heterocycles. The number of ether oxygens (including phenoxy) is 1. The number of hydrogen-bond donors (Lipinski definition) is 2. The van der Waals surface area contributed by atoms with E-state index < -0.39 is 0 Å². The average Bonchev–Trinajstić information content (AvgIpc) is 2.44. The summed E-state index contributed by atoms with van der Waals surface area (Å²) in [4.78, 5) is 14.4. The van der Waals surface area contributed by atoms with Crippen LogP contribution in [0.15, 0.2) is 0 Å². The van der Waals surface area contributed by atoms with E-state index in [1.165, 1.54) is 6.42 Å². The van der Waals surface area contributed by atoms with Crippen LogP contribution in [0.2, 0.25) is 0 Å². The third-order valence-corrected chi connectivity index (χ3v) is 3.99. The Morgan fingerprint density at radius 2 is 2.16 bits per heavy atom. The standard InChI is InChI=1S/C14H27N3O2/c1-12-4-2-5-13(16-12)14(18)15-6-3-7-17-8-10-19-11-9-17/h12-13,16H,2-11H2,1H3,(H,15,18). The highest BCUT2D eigenvalue weighted by Gasteiger charge is 2.23. The van der Waals surface area contributed by atoms with Crippen molar-refractivity contribution >= 4 is 5.91 Å². The Bertz CT molecular complexity index is 280. The quantitative estimate of drug-likeness (QED) is 0.708. The summed E-state index contributed by atoms with van der Waals surface area (Å²) >= 11 is 0. The van der Waals surface area contributed by atoms with Crippen molar-refractivity contribution < 1.29 is 9.53 Å². The Balaban J connectivity index is 1.55. The van der Waals surface area contributed by atoms with Crippen LogP contribution in [0.3, 0.4) is 0 Å². The highest BCUT2D eigenvalue weighted by molar-refractivity contribution is 5.81. The lowest BCUT2D eigenvalue weighted by Crippen LogP contribution is -2.50. The molecule has 2 aliphatic rings. The van der Waals surface area contributed by atoms with E-state index in [2.05, 4.69) is 22.5 Å². The molecule has 0 saturated carbocycles. The monoisotopic (exact) mass is 269 g/mol. The van der Waals surface area contributed by atoms with Crippen molar-refractivity contribution in [3.05, 3.63) is 0 Å². The molecule has 0 aliphatic carbocycles. The van der Waals surface area contributed by atoms with Gasteiger partial charge in [0.1, 0.15) is 0 Å². The number of piperidine rings is 1. The van der Waals surface area contributed by atoms with Crippen LogP contribution in [-0.4, -0.2) is 62.3 Å². The number of hydrogen-bond acceptors (Lipinski definition) is 4. The maximum absolute atomic E-state index is 12.0. The molecule has 0 radical (unpaired) electrons. The van der Waals surface area contributed by atoms with Crippen molar-refractivity contribution in [1.82, 2.24) is 15.5 Å². The van der Waals surface area contributed by atoms with Gasteiger partial charge >= 0.3 is 0 Å². The van der Waals surface area contributed by atoms with E-state index in [9.17, 15) is 4.79 Å². The first-order chi connectivity index (χ1) is 9.25. The molecule has 2 atom stereocenters. The number of morpholine rings is 1. The van der Waals surface area contributed by atoms with Crippen molar-refractivity contribution in [2.75, 3.05) is 39.4 Å². The van der Waals surface area contributed by atoms with Crippen LogP contribution in [0.5, 0.6) is 0 Å². The number of carbonyl (C=O) groups excluding carboxylic acids is 1. The van der Waals surface area contributed by atoms with E-state index in [4.69, 9.17) is 4.74 Å². The van der Waals surface area contributed by atoms with Gasteiger partial charge in [0, 0.05) is 25.7 Å². The molecule has 0 aromatic rings. The van der Waals surface area contributed by atoms with Gasteiger partial charge in [-0.15, -0.1) is 0 Å². The number of nitrogens with one attached hydrogen (secondary N) is 2. The molecule has 2 aliphatic heterocycles. The zero-order valence-corrected chi connectivity index (χ0v) is 12.0. The Morgan fingerprint density at radius 1 is 1.37 bits per heavy atom. The van der Waals surface area contributed by atoms with E-state index in [1.54, 1.807) is 0 Å². The Hall–Kier alpha value is -0.650. The fourth-order valence-electron chi connectivity index (χ4n) is 2.81. The second kappa shape index (κ2) is 7.82. The van der Waals surface area contributed by atoms with Crippen LogP contribution < -0.4 is 10.6 Å². The molecule has 0 aromatic heterocycles. The number of rotatable bonds is 5. The molecule has 19 heavy (non-hydrogen) atoms. The first kappa shape index (κ1) is 14.8. The van der Waals surface area contributed by atoms with Gasteiger partial charge in [-0.2, -0.15) is 0 Å².